The number of nitrogens with zero attached hydrogens (tertiary/aromatic N) is 1. The summed E-state index contributed by atoms with van der Waals surface area (Å²) in [4.78, 5) is 3.80. The Hall–Kier alpha value is -1.88. The van der Waals surface area contributed by atoms with Crippen molar-refractivity contribution in [3.63, 3.8) is 0 Å². The van der Waals surface area contributed by atoms with Gasteiger partial charge in [-0.15, -0.1) is 0 Å². The Bertz CT molecular complexity index is 608. The molecule has 20 heavy (non-hydrogen) atoms. The maximum Gasteiger partial charge on any atom is 0.258 e. The van der Waals surface area contributed by atoms with E-state index in [4.69, 9.17) is 16.3 Å². The van der Waals surface area contributed by atoms with Crippen LogP contribution >= 0.6 is 11.6 Å². The van der Waals surface area contributed by atoms with Gasteiger partial charge in [0.25, 0.3) is 5.88 Å². The first-order valence-corrected chi connectivity index (χ1v) is 6.52. The topological polar surface area (TPSA) is 34.2 Å². The van der Waals surface area contributed by atoms with Crippen molar-refractivity contribution < 1.29 is 13.5 Å². The van der Waals surface area contributed by atoms with E-state index in [1.54, 1.807) is 24.3 Å². The van der Waals surface area contributed by atoms with E-state index in [9.17, 15) is 8.78 Å². The van der Waals surface area contributed by atoms with Gasteiger partial charge < -0.3 is 10.1 Å². The molecular formula is C14H13ClF2N2O. The largest absolute Gasteiger partial charge is 0.435 e. The van der Waals surface area contributed by atoms with E-state index in [0.717, 1.165) is 12.5 Å². The number of hydrogen-bond acceptors (Lipinski definition) is 3. The van der Waals surface area contributed by atoms with Crippen LogP contribution in [0.2, 0.25) is 5.02 Å². The highest BCUT2D eigenvalue weighted by Crippen LogP contribution is 2.30. The predicted octanol–water partition coefficient (Wildman–Crippen LogP) is 4.63. The molecule has 1 N–H and O–H groups in total. The van der Waals surface area contributed by atoms with Crippen LogP contribution in [0.15, 0.2) is 30.3 Å². The number of rotatable bonds is 5. The molecule has 2 aromatic rings. The van der Waals surface area contributed by atoms with Crippen LogP contribution in [0.3, 0.4) is 0 Å². The monoisotopic (exact) mass is 298 g/mol. The molecule has 0 aliphatic rings. The van der Waals surface area contributed by atoms with Crippen LogP contribution in [0.4, 0.5) is 14.6 Å². The fourth-order valence-corrected chi connectivity index (χ4v) is 1.69. The van der Waals surface area contributed by atoms with E-state index in [0.29, 0.717) is 11.6 Å². The van der Waals surface area contributed by atoms with E-state index < -0.39 is 11.6 Å². The predicted molar refractivity (Wildman–Crippen MR) is 74.5 cm³/mol. The lowest BCUT2D eigenvalue weighted by molar-refractivity contribution is 0.418. The van der Waals surface area contributed by atoms with Gasteiger partial charge in [-0.05, 0) is 18.6 Å². The second-order valence-corrected chi connectivity index (χ2v) is 4.47. The highest BCUT2D eigenvalue weighted by atomic mass is 35.5. The molecule has 0 spiro atoms. The number of aromatic nitrogens is 1. The summed E-state index contributed by atoms with van der Waals surface area (Å²) >= 11 is 5.92. The zero-order valence-corrected chi connectivity index (χ0v) is 11.5. The van der Waals surface area contributed by atoms with Crippen LogP contribution in [0, 0.1) is 11.6 Å². The van der Waals surface area contributed by atoms with Gasteiger partial charge in [0, 0.05) is 12.6 Å². The van der Waals surface area contributed by atoms with Crippen molar-refractivity contribution in [1.82, 2.24) is 4.98 Å². The fraction of sp³-hybridized carbons (Fsp3) is 0.214. The van der Waals surface area contributed by atoms with Gasteiger partial charge in [-0.25, -0.2) is 8.78 Å². The molecule has 1 aromatic carbocycles. The normalized spacial score (nSPS) is 10.4. The lowest BCUT2D eigenvalue weighted by Gasteiger charge is -2.10. The summed E-state index contributed by atoms with van der Waals surface area (Å²) in [6, 6.07) is 7.33. The van der Waals surface area contributed by atoms with Crippen LogP contribution in [-0.4, -0.2) is 11.5 Å². The van der Waals surface area contributed by atoms with Gasteiger partial charge in [-0.1, -0.05) is 30.7 Å². The summed E-state index contributed by atoms with van der Waals surface area (Å²) in [6.45, 7) is 2.46. The summed E-state index contributed by atoms with van der Waals surface area (Å²) in [5, 5.41) is 3.09. The molecule has 2 rings (SSSR count). The number of pyridine rings is 1. The second kappa shape index (κ2) is 6.52. The van der Waals surface area contributed by atoms with Crippen molar-refractivity contribution in [2.45, 2.75) is 13.3 Å². The Morgan fingerprint density at radius 3 is 2.70 bits per heavy atom. The fourth-order valence-electron chi connectivity index (χ4n) is 1.52. The van der Waals surface area contributed by atoms with Gasteiger partial charge >= 0.3 is 0 Å². The Balaban J connectivity index is 2.29. The Morgan fingerprint density at radius 2 is 2.00 bits per heavy atom. The van der Waals surface area contributed by atoms with Crippen LogP contribution in [0.5, 0.6) is 11.6 Å². The van der Waals surface area contributed by atoms with Crippen LogP contribution in [0.25, 0.3) is 0 Å². The van der Waals surface area contributed by atoms with Crippen molar-refractivity contribution >= 4 is 17.4 Å². The molecule has 0 fully saturated rings. The summed E-state index contributed by atoms with van der Waals surface area (Å²) in [5.74, 6) is -1.76. The first-order valence-electron chi connectivity index (χ1n) is 6.14. The van der Waals surface area contributed by atoms with E-state index in [1.165, 1.54) is 0 Å². The minimum Gasteiger partial charge on any atom is -0.435 e. The van der Waals surface area contributed by atoms with E-state index in [-0.39, 0.29) is 17.4 Å². The number of nitrogens with one attached hydrogen (secondary N) is 1. The third kappa shape index (κ3) is 3.36. The molecule has 0 unspecified atom stereocenters. The SMILES string of the molecule is CCCNc1nc(Oc2ccccc2Cl)c(F)cc1F. The minimum absolute atomic E-state index is 0.0460. The first kappa shape index (κ1) is 14.5. The van der Waals surface area contributed by atoms with Crippen molar-refractivity contribution in [2.24, 2.45) is 0 Å². The molecule has 3 nitrogen and oxygen atoms in total. The second-order valence-electron chi connectivity index (χ2n) is 4.07. The molecule has 106 valence electrons. The molecule has 0 aliphatic heterocycles. The van der Waals surface area contributed by atoms with Crippen molar-refractivity contribution in [3.05, 3.63) is 47.0 Å². The molecule has 6 heteroatoms. The van der Waals surface area contributed by atoms with Gasteiger partial charge in [0.15, 0.2) is 17.5 Å². The standard InChI is InChI=1S/C14H13ClF2N2O/c1-2-7-18-13-10(16)8-11(17)14(19-13)20-12-6-4-3-5-9(12)15/h3-6,8H,2,7H2,1H3,(H,18,19). The van der Waals surface area contributed by atoms with Crippen molar-refractivity contribution in [1.29, 1.82) is 0 Å². The summed E-state index contributed by atoms with van der Waals surface area (Å²) in [6.07, 6.45) is 0.791. The number of para-hydroxylation sites is 1. The van der Waals surface area contributed by atoms with Crippen molar-refractivity contribution in [3.8, 4) is 11.6 Å². The molecule has 1 aromatic heterocycles. The Kier molecular flexibility index (Phi) is 4.74. The summed E-state index contributed by atoms with van der Waals surface area (Å²) < 4.78 is 32.5. The summed E-state index contributed by atoms with van der Waals surface area (Å²) in [7, 11) is 0. The number of halogens is 3. The molecule has 0 atom stereocenters. The minimum atomic E-state index is -0.885. The molecule has 0 amide bonds. The lowest BCUT2D eigenvalue weighted by Crippen LogP contribution is -2.06. The highest BCUT2D eigenvalue weighted by molar-refractivity contribution is 6.32. The highest BCUT2D eigenvalue weighted by Gasteiger charge is 2.14. The maximum absolute atomic E-state index is 13.7. The number of benzene rings is 1. The molecule has 0 radical (unpaired) electrons. The number of ether oxygens (including phenoxy) is 1. The van der Waals surface area contributed by atoms with Crippen LogP contribution in [0.1, 0.15) is 13.3 Å². The zero-order valence-electron chi connectivity index (χ0n) is 10.8. The molecule has 1 heterocycles. The van der Waals surface area contributed by atoms with E-state index >= 15 is 0 Å². The third-order valence-corrected chi connectivity index (χ3v) is 2.80. The molecule has 0 saturated heterocycles. The molecule has 0 saturated carbocycles. The smallest absolute Gasteiger partial charge is 0.258 e. The van der Waals surface area contributed by atoms with E-state index in [2.05, 4.69) is 10.3 Å². The third-order valence-electron chi connectivity index (χ3n) is 2.48. The number of hydrogen-bond donors (Lipinski definition) is 1. The lowest BCUT2D eigenvalue weighted by atomic mass is 10.3. The number of anilines is 1. The van der Waals surface area contributed by atoms with Crippen LogP contribution < -0.4 is 10.1 Å². The summed E-state index contributed by atoms with van der Waals surface area (Å²) in [5.41, 5.74) is 0. The first-order chi connectivity index (χ1) is 9.61. The van der Waals surface area contributed by atoms with Gasteiger partial charge in [0.05, 0.1) is 5.02 Å². The maximum atomic E-state index is 13.7. The van der Waals surface area contributed by atoms with Crippen molar-refractivity contribution in [2.75, 3.05) is 11.9 Å². The average Bonchev–Trinajstić information content (AvgIpc) is 2.43. The quantitative estimate of drug-likeness (QED) is 0.874. The van der Waals surface area contributed by atoms with Gasteiger partial charge in [0.2, 0.25) is 0 Å². The van der Waals surface area contributed by atoms with Gasteiger partial charge in [-0.2, -0.15) is 4.98 Å². The molecule has 0 bridgehead atoms. The van der Waals surface area contributed by atoms with Gasteiger partial charge in [0.1, 0.15) is 5.75 Å². The Labute approximate surface area is 120 Å². The van der Waals surface area contributed by atoms with Gasteiger partial charge in [-0.3, -0.25) is 0 Å². The molecule has 0 aliphatic carbocycles. The average molecular weight is 299 g/mol. The zero-order chi connectivity index (χ0) is 14.5. The van der Waals surface area contributed by atoms with E-state index in [1.807, 2.05) is 6.92 Å². The molecular weight excluding hydrogens is 286 g/mol. The van der Waals surface area contributed by atoms with Crippen LogP contribution in [-0.2, 0) is 0 Å². The Morgan fingerprint density at radius 1 is 1.25 bits per heavy atom.